The summed E-state index contributed by atoms with van der Waals surface area (Å²) < 4.78 is 0.983. The first-order valence-corrected chi connectivity index (χ1v) is 4.44. The molecule has 3 aromatic heterocycles. The molecule has 3 heterocycles. The van der Waals surface area contributed by atoms with Crippen molar-refractivity contribution in [3.63, 3.8) is 0 Å². The Kier molecular flexibility index (Phi) is 1.86. The maximum atomic E-state index is 10.6. The van der Waals surface area contributed by atoms with Gasteiger partial charge in [-0.25, -0.2) is 0 Å². The van der Waals surface area contributed by atoms with Crippen molar-refractivity contribution >= 4 is 17.3 Å². The minimum absolute atomic E-state index is 0.0259. The van der Waals surface area contributed by atoms with Crippen LogP contribution in [-0.4, -0.2) is 50.6 Å². The zero-order valence-electron chi connectivity index (χ0n) is 8.42. The van der Waals surface area contributed by atoms with E-state index in [0.717, 1.165) is 4.52 Å². The Morgan fingerprint density at radius 1 is 1.28 bits per heavy atom. The summed E-state index contributed by atoms with van der Waals surface area (Å²) in [4.78, 5) is 9.91. The molecular formula is C5H3N11O2. The number of nitrogens with zero attached hydrogens (tertiary/aromatic N) is 9. The minimum Gasteiger partial charge on any atom is -0.381 e. The van der Waals surface area contributed by atoms with Gasteiger partial charge in [0.2, 0.25) is 5.82 Å². The number of anilines is 1. The van der Waals surface area contributed by atoms with Gasteiger partial charge in [-0.2, -0.15) is 5.21 Å². The monoisotopic (exact) mass is 249 g/mol. The minimum atomic E-state index is -0.732. The molecule has 0 aliphatic carbocycles. The first-order chi connectivity index (χ1) is 8.68. The molecule has 18 heavy (non-hydrogen) atoms. The van der Waals surface area contributed by atoms with E-state index in [1.54, 1.807) is 0 Å². The first-order valence-electron chi connectivity index (χ1n) is 4.44. The van der Waals surface area contributed by atoms with Crippen molar-refractivity contribution in [2.45, 2.75) is 0 Å². The molecule has 0 spiro atoms. The Labute approximate surface area is 96.2 Å². The molecule has 13 heteroatoms. The number of aromatic amines is 1. The van der Waals surface area contributed by atoms with Crippen LogP contribution in [0.3, 0.4) is 0 Å². The van der Waals surface area contributed by atoms with Crippen molar-refractivity contribution in [3.05, 3.63) is 10.1 Å². The van der Waals surface area contributed by atoms with E-state index in [9.17, 15) is 10.1 Å². The predicted octanol–water partition coefficient (Wildman–Crippen LogP) is -1.81. The van der Waals surface area contributed by atoms with Crippen LogP contribution < -0.4 is 5.73 Å². The summed E-state index contributed by atoms with van der Waals surface area (Å²) in [6, 6.07) is 0. The van der Waals surface area contributed by atoms with Gasteiger partial charge in [0.25, 0.3) is 5.65 Å². The number of tetrazole rings is 1. The van der Waals surface area contributed by atoms with Gasteiger partial charge < -0.3 is 15.8 Å². The molecule has 0 atom stereocenters. The van der Waals surface area contributed by atoms with Crippen LogP contribution in [0.4, 0.5) is 11.6 Å². The molecule has 0 aliphatic rings. The predicted molar refractivity (Wildman–Crippen MR) is 52.8 cm³/mol. The molecule has 3 aromatic rings. The highest BCUT2D eigenvalue weighted by molar-refractivity contribution is 5.67. The highest BCUT2D eigenvalue weighted by atomic mass is 16.6. The Hall–Kier alpha value is -3.25. The van der Waals surface area contributed by atoms with Crippen LogP contribution in [0.25, 0.3) is 17.2 Å². The SMILES string of the molecule is Nc1c(-c2nn[nH]n2)nnc2c([N+](=O)[O-])nnn12. The number of fused-ring (bicyclic) bond motifs is 1. The lowest BCUT2D eigenvalue weighted by Crippen LogP contribution is -2.06. The Morgan fingerprint density at radius 3 is 2.78 bits per heavy atom. The molecule has 0 aromatic carbocycles. The highest BCUT2D eigenvalue weighted by Crippen LogP contribution is 2.21. The van der Waals surface area contributed by atoms with Crippen LogP contribution in [0, 0.1) is 10.1 Å². The van der Waals surface area contributed by atoms with Gasteiger partial charge in [0.05, 0.1) is 5.21 Å². The third-order valence-electron chi connectivity index (χ3n) is 2.08. The molecule has 0 unspecified atom stereocenters. The Balaban J connectivity index is 2.28. The van der Waals surface area contributed by atoms with Crippen molar-refractivity contribution in [1.82, 2.24) is 45.6 Å². The van der Waals surface area contributed by atoms with Gasteiger partial charge in [-0.3, -0.25) is 0 Å². The maximum Gasteiger partial charge on any atom is 0.439 e. The molecule has 0 saturated carbocycles. The van der Waals surface area contributed by atoms with Crippen molar-refractivity contribution in [1.29, 1.82) is 0 Å². The van der Waals surface area contributed by atoms with Gasteiger partial charge in [-0.1, -0.05) is 0 Å². The van der Waals surface area contributed by atoms with Gasteiger partial charge in [-0.05, 0) is 10.1 Å². The lowest BCUT2D eigenvalue weighted by Gasteiger charge is -1.98. The summed E-state index contributed by atoms with van der Waals surface area (Å²) in [6.07, 6.45) is 0. The quantitative estimate of drug-likeness (QED) is 0.388. The van der Waals surface area contributed by atoms with Crippen molar-refractivity contribution < 1.29 is 4.92 Å². The lowest BCUT2D eigenvalue weighted by molar-refractivity contribution is -0.388. The first kappa shape index (κ1) is 9.94. The number of H-pyrrole nitrogens is 1. The summed E-state index contributed by atoms with van der Waals surface area (Å²) in [7, 11) is 0. The van der Waals surface area contributed by atoms with Gasteiger partial charge in [0, 0.05) is 0 Å². The Morgan fingerprint density at radius 2 is 2.11 bits per heavy atom. The maximum absolute atomic E-state index is 10.6. The van der Waals surface area contributed by atoms with E-state index >= 15 is 0 Å². The van der Waals surface area contributed by atoms with E-state index in [0.29, 0.717) is 0 Å². The van der Waals surface area contributed by atoms with Gasteiger partial charge >= 0.3 is 5.82 Å². The fourth-order valence-electron chi connectivity index (χ4n) is 1.31. The standard InChI is InChI=1S/C5H3N11O2/c6-2-1(3-8-12-13-9-3)7-10-4-5(16(17)18)11-14-15(2)4/h6H2,(H,8,9,12,13). The number of hydrogen-bond donors (Lipinski definition) is 2. The summed E-state index contributed by atoms with van der Waals surface area (Å²) >= 11 is 0. The number of rotatable bonds is 2. The fourth-order valence-corrected chi connectivity index (χ4v) is 1.31. The van der Waals surface area contributed by atoms with E-state index in [-0.39, 0.29) is 23.0 Å². The second-order valence-corrected chi connectivity index (χ2v) is 3.07. The van der Waals surface area contributed by atoms with Crippen molar-refractivity contribution in [2.24, 2.45) is 0 Å². The van der Waals surface area contributed by atoms with Crippen LogP contribution in [0.15, 0.2) is 0 Å². The van der Waals surface area contributed by atoms with Gasteiger partial charge in [0.1, 0.15) is 5.10 Å². The van der Waals surface area contributed by atoms with E-state index in [4.69, 9.17) is 5.73 Å². The van der Waals surface area contributed by atoms with E-state index in [1.807, 2.05) is 0 Å². The molecule has 0 fully saturated rings. The number of hydrogen-bond acceptors (Lipinski definition) is 10. The zero-order chi connectivity index (χ0) is 12.7. The van der Waals surface area contributed by atoms with Crippen LogP contribution in [0.5, 0.6) is 0 Å². The average molecular weight is 249 g/mol. The third kappa shape index (κ3) is 1.24. The van der Waals surface area contributed by atoms with Crippen molar-refractivity contribution in [3.8, 4) is 11.5 Å². The number of nitro groups is 1. The van der Waals surface area contributed by atoms with Crippen LogP contribution in [-0.2, 0) is 0 Å². The molecule has 0 saturated heterocycles. The van der Waals surface area contributed by atoms with Crippen molar-refractivity contribution in [2.75, 3.05) is 5.73 Å². The number of nitrogen functional groups attached to an aromatic ring is 1. The zero-order valence-corrected chi connectivity index (χ0v) is 8.42. The summed E-state index contributed by atoms with van der Waals surface area (Å²) in [6.45, 7) is 0. The normalized spacial score (nSPS) is 10.9. The molecule has 0 aliphatic heterocycles. The van der Waals surface area contributed by atoms with Crippen LogP contribution in [0.2, 0.25) is 0 Å². The van der Waals surface area contributed by atoms with E-state index < -0.39 is 10.7 Å². The molecule has 90 valence electrons. The molecule has 13 nitrogen and oxygen atoms in total. The third-order valence-corrected chi connectivity index (χ3v) is 2.08. The van der Waals surface area contributed by atoms with Gasteiger partial charge in [0.15, 0.2) is 11.5 Å². The molecule has 0 amide bonds. The molecule has 3 N–H and O–H groups in total. The Bertz CT molecular complexity index is 729. The molecular weight excluding hydrogens is 246 g/mol. The second-order valence-electron chi connectivity index (χ2n) is 3.07. The smallest absolute Gasteiger partial charge is 0.381 e. The summed E-state index contributed by atoms with van der Waals surface area (Å²) in [5.74, 6) is -0.462. The van der Waals surface area contributed by atoms with Crippen LogP contribution in [0.1, 0.15) is 0 Å². The van der Waals surface area contributed by atoms with Crippen LogP contribution >= 0.6 is 0 Å². The van der Waals surface area contributed by atoms with Gasteiger partial charge in [-0.15, -0.1) is 24.9 Å². The number of nitrogens with two attached hydrogens (primary N) is 1. The molecule has 0 bridgehead atoms. The number of nitrogens with one attached hydrogen (secondary N) is 1. The number of aromatic nitrogens is 9. The summed E-state index contributed by atoms with van der Waals surface area (Å²) in [5.41, 5.74) is 5.67. The topological polar surface area (TPSA) is 180 Å². The molecule has 0 radical (unpaired) electrons. The average Bonchev–Trinajstić information content (AvgIpc) is 2.97. The largest absolute Gasteiger partial charge is 0.439 e. The fraction of sp³-hybridized carbons (Fsp3) is 0. The second kappa shape index (κ2) is 3.37. The van der Waals surface area contributed by atoms with E-state index in [2.05, 4.69) is 41.1 Å². The van der Waals surface area contributed by atoms with E-state index in [1.165, 1.54) is 0 Å². The highest BCUT2D eigenvalue weighted by Gasteiger charge is 2.24. The summed E-state index contributed by atoms with van der Waals surface area (Å²) in [5, 5.41) is 37.7. The lowest BCUT2D eigenvalue weighted by atomic mass is 10.4. The molecule has 3 rings (SSSR count).